The Morgan fingerprint density at radius 3 is 2.11 bits per heavy atom. The quantitative estimate of drug-likeness (QED) is 0.336. The Kier molecular flexibility index (Phi) is 7.32. The Bertz CT molecular complexity index is 807. The summed E-state index contributed by atoms with van der Waals surface area (Å²) in [7, 11) is 0. The van der Waals surface area contributed by atoms with Crippen molar-refractivity contribution >= 4 is 17.8 Å². The van der Waals surface area contributed by atoms with Crippen LogP contribution in [0.15, 0.2) is 54.6 Å². The number of hydrogen-bond donors (Lipinski definition) is 1. The van der Waals surface area contributed by atoms with Gasteiger partial charge in [0.05, 0.1) is 0 Å². The zero-order valence-corrected chi connectivity index (χ0v) is 16.4. The third-order valence-corrected chi connectivity index (χ3v) is 3.61. The number of ether oxygens (including phenoxy) is 2. The minimum atomic E-state index is -0.558. The van der Waals surface area contributed by atoms with Crippen LogP contribution in [0.4, 0.5) is 4.79 Å². The molecular weight excluding hydrogens is 358 g/mol. The van der Waals surface area contributed by atoms with E-state index in [4.69, 9.17) is 9.47 Å². The SMILES string of the molecule is CC(C)(C)OC(=O)NCCCC(=O)Oc1ccc(C(=O)c2ccccc2)cc1. The van der Waals surface area contributed by atoms with Crippen LogP contribution in [0.2, 0.25) is 0 Å². The molecule has 0 heterocycles. The number of ketones is 1. The van der Waals surface area contributed by atoms with Crippen molar-refractivity contribution in [2.24, 2.45) is 0 Å². The minimum Gasteiger partial charge on any atom is -0.444 e. The minimum absolute atomic E-state index is 0.0910. The third-order valence-electron chi connectivity index (χ3n) is 3.61. The monoisotopic (exact) mass is 383 g/mol. The number of nitrogens with one attached hydrogen (secondary N) is 1. The van der Waals surface area contributed by atoms with Crippen molar-refractivity contribution in [3.05, 3.63) is 65.7 Å². The molecule has 2 aromatic rings. The molecule has 0 saturated heterocycles. The van der Waals surface area contributed by atoms with Crippen LogP contribution >= 0.6 is 0 Å². The fourth-order valence-corrected chi connectivity index (χ4v) is 2.35. The standard InChI is InChI=1S/C22H25NO5/c1-22(2,3)28-21(26)23-15-7-10-19(24)27-18-13-11-17(12-14-18)20(25)16-8-5-4-6-9-16/h4-6,8-9,11-14H,7,10,15H2,1-3H3,(H,23,26). The molecule has 28 heavy (non-hydrogen) atoms. The van der Waals surface area contributed by atoms with Crippen LogP contribution in [0.25, 0.3) is 0 Å². The molecular formula is C22H25NO5. The molecule has 0 bridgehead atoms. The number of carbonyl (C=O) groups excluding carboxylic acids is 3. The molecule has 0 saturated carbocycles. The highest BCUT2D eigenvalue weighted by Gasteiger charge is 2.15. The molecule has 1 N–H and O–H groups in total. The van der Waals surface area contributed by atoms with Crippen LogP contribution in [0.3, 0.4) is 0 Å². The fourth-order valence-electron chi connectivity index (χ4n) is 2.35. The highest BCUT2D eigenvalue weighted by molar-refractivity contribution is 6.09. The van der Waals surface area contributed by atoms with Crippen molar-refractivity contribution in [1.29, 1.82) is 0 Å². The first kappa shape index (κ1) is 21.2. The van der Waals surface area contributed by atoms with Crippen molar-refractivity contribution in [3.63, 3.8) is 0 Å². The van der Waals surface area contributed by atoms with Gasteiger partial charge in [-0.05, 0) is 51.5 Å². The number of carbonyl (C=O) groups is 3. The van der Waals surface area contributed by atoms with Gasteiger partial charge in [-0.15, -0.1) is 0 Å². The summed E-state index contributed by atoms with van der Waals surface area (Å²) in [6.07, 6.45) is 0.0721. The predicted molar refractivity (Wildman–Crippen MR) is 105 cm³/mol. The Hall–Kier alpha value is -3.15. The molecule has 6 heteroatoms. The van der Waals surface area contributed by atoms with E-state index in [9.17, 15) is 14.4 Å². The number of rotatable bonds is 7. The second-order valence-corrected chi connectivity index (χ2v) is 7.23. The van der Waals surface area contributed by atoms with E-state index in [0.29, 0.717) is 29.8 Å². The number of amides is 1. The van der Waals surface area contributed by atoms with E-state index in [0.717, 1.165) is 0 Å². The van der Waals surface area contributed by atoms with Crippen molar-refractivity contribution in [2.45, 2.75) is 39.2 Å². The van der Waals surface area contributed by atoms with Crippen molar-refractivity contribution in [2.75, 3.05) is 6.54 Å². The first-order chi connectivity index (χ1) is 13.2. The van der Waals surface area contributed by atoms with Gasteiger partial charge in [0.25, 0.3) is 0 Å². The summed E-state index contributed by atoms with van der Waals surface area (Å²) in [5.41, 5.74) is 0.564. The van der Waals surface area contributed by atoms with Gasteiger partial charge in [-0.25, -0.2) is 4.79 Å². The van der Waals surface area contributed by atoms with Gasteiger partial charge in [-0.3, -0.25) is 9.59 Å². The summed E-state index contributed by atoms with van der Waals surface area (Å²) in [5, 5.41) is 2.59. The van der Waals surface area contributed by atoms with E-state index in [1.54, 1.807) is 69.3 Å². The highest BCUT2D eigenvalue weighted by atomic mass is 16.6. The molecule has 6 nitrogen and oxygen atoms in total. The molecule has 148 valence electrons. The molecule has 0 aliphatic carbocycles. The highest BCUT2D eigenvalue weighted by Crippen LogP contribution is 2.16. The van der Waals surface area contributed by atoms with Crippen LogP contribution in [0.5, 0.6) is 5.75 Å². The van der Waals surface area contributed by atoms with Gasteiger partial charge >= 0.3 is 12.1 Å². The topological polar surface area (TPSA) is 81.7 Å². The molecule has 1 amide bonds. The summed E-state index contributed by atoms with van der Waals surface area (Å²) in [5.74, 6) is -0.130. The zero-order chi connectivity index (χ0) is 20.6. The van der Waals surface area contributed by atoms with Crippen LogP contribution in [0, 0.1) is 0 Å². The summed E-state index contributed by atoms with van der Waals surface area (Å²) in [6.45, 7) is 5.66. The maximum absolute atomic E-state index is 12.3. The summed E-state index contributed by atoms with van der Waals surface area (Å²) in [4.78, 5) is 35.7. The average molecular weight is 383 g/mol. The van der Waals surface area contributed by atoms with Gasteiger partial charge in [0.15, 0.2) is 5.78 Å². The van der Waals surface area contributed by atoms with Crippen LogP contribution < -0.4 is 10.1 Å². The number of benzene rings is 2. The van der Waals surface area contributed by atoms with Gasteiger partial charge in [0, 0.05) is 24.1 Å². The average Bonchev–Trinajstić information content (AvgIpc) is 2.64. The zero-order valence-electron chi connectivity index (χ0n) is 16.4. The van der Waals surface area contributed by atoms with Crippen LogP contribution in [-0.2, 0) is 9.53 Å². The molecule has 0 fully saturated rings. The first-order valence-corrected chi connectivity index (χ1v) is 9.12. The lowest BCUT2D eigenvalue weighted by Gasteiger charge is -2.19. The van der Waals surface area contributed by atoms with E-state index < -0.39 is 17.7 Å². The lowest BCUT2D eigenvalue weighted by Crippen LogP contribution is -2.33. The smallest absolute Gasteiger partial charge is 0.407 e. The Morgan fingerprint density at radius 2 is 1.50 bits per heavy atom. The lowest BCUT2D eigenvalue weighted by atomic mass is 10.0. The van der Waals surface area contributed by atoms with Crippen molar-refractivity contribution in [1.82, 2.24) is 5.32 Å². The van der Waals surface area contributed by atoms with E-state index in [2.05, 4.69) is 5.32 Å². The summed E-state index contributed by atoms with van der Waals surface area (Å²) >= 11 is 0. The second-order valence-electron chi connectivity index (χ2n) is 7.23. The normalized spacial score (nSPS) is 10.8. The van der Waals surface area contributed by atoms with Gasteiger partial charge in [0.2, 0.25) is 0 Å². The van der Waals surface area contributed by atoms with E-state index in [-0.39, 0.29) is 12.2 Å². The molecule has 0 aliphatic rings. The van der Waals surface area contributed by atoms with Crippen molar-refractivity contribution < 1.29 is 23.9 Å². The number of esters is 1. The molecule has 0 aliphatic heterocycles. The van der Waals surface area contributed by atoms with Gasteiger partial charge < -0.3 is 14.8 Å². The molecule has 0 atom stereocenters. The molecule has 0 unspecified atom stereocenters. The Balaban J connectivity index is 1.75. The summed E-state index contributed by atoms with van der Waals surface area (Å²) < 4.78 is 10.4. The number of alkyl carbamates (subject to hydrolysis) is 1. The van der Waals surface area contributed by atoms with Gasteiger partial charge in [-0.2, -0.15) is 0 Å². The maximum Gasteiger partial charge on any atom is 0.407 e. The largest absolute Gasteiger partial charge is 0.444 e. The first-order valence-electron chi connectivity index (χ1n) is 9.12. The molecule has 0 spiro atoms. The molecule has 0 radical (unpaired) electrons. The fraction of sp³-hybridized carbons (Fsp3) is 0.318. The lowest BCUT2D eigenvalue weighted by molar-refractivity contribution is -0.134. The Labute approximate surface area is 164 Å². The molecule has 2 aromatic carbocycles. The predicted octanol–water partition coefficient (Wildman–Crippen LogP) is 4.13. The van der Waals surface area contributed by atoms with E-state index in [1.165, 1.54) is 0 Å². The number of hydrogen-bond acceptors (Lipinski definition) is 5. The third kappa shape index (κ3) is 7.23. The Morgan fingerprint density at radius 1 is 0.893 bits per heavy atom. The molecule has 2 rings (SSSR count). The second kappa shape index (κ2) is 9.69. The van der Waals surface area contributed by atoms with Crippen LogP contribution in [0.1, 0.15) is 49.5 Å². The van der Waals surface area contributed by atoms with E-state index in [1.807, 2.05) is 6.07 Å². The van der Waals surface area contributed by atoms with Gasteiger partial charge in [-0.1, -0.05) is 30.3 Å². The van der Waals surface area contributed by atoms with Crippen molar-refractivity contribution in [3.8, 4) is 5.75 Å². The van der Waals surface area contributed by atoms with Gasteiger partial charge in [0.1, 0.15) is 11.4 Å². The molecule has 0 aromatic heterocycles. The van der Waals surface area contributed by atoms with E-state index >= 15 is 0 Å². The maximum atomic E-state index is 12.3. The summed E-state index contributed by atoms with van der Waals surface area (Å²) in [6, 6.07) is 15.4. The van der Waals surface area contributed by atoms with Crippen LogP contribution in [-0.4, -0.2) is 30.0 Å².